The Morgan fingerprint density at radius 1 is 1.50 bits per heavy atom. The maximum atomic E-state index is 11.8. The van der Waals surface area contributed by atoms with Crippen molar-refractivity contribution in [3.05, 3.63) is 28.5 Å². The molecule has 3 nitrogen and oxygen atoms in total. The molecule has 0 aliphatic carbocycles. The van der Waals surface area contributed by atoms with Crippen molar-refractivity contribution in [1.29, 1.82) is 0 Å². The summed E-state index contributed by atoms with van der Waals surface area (Å²) in [5.41, 5.74) is 0.385. The lowest BCUT2D eigenvalue weighted by atomic mass is 9.98. The molecule has 1 rings (SSSR count). The Morgan fingerprint density at radius 2 is 2.19 bits per heavy atom. The van der Waals surface area contributed by atoms with Crippen LogP contribution in [-0.2, 0) is 4.74 Å². The Balaban J connectivity index is 2.60. The number of rotatable bonds is 5. The number of carbonyl (C=O) groups is 1. The Morgan fingerprint density at radius 3 is 2.75 bits per heavy atom. The van der Waals surface area contributed by atoms with E-state index < -0.39 is 0 Å². The zero-order chi connectivity index (χ0) is 12.2. The lowest BCUT2D eigenvalue weighted by Crippen LogP contribution is -2.23. The highest BCUT2D eigenvalue weighted by molar-refractivity contribution is 9.10. The molecule has 0 aliphatic heterocycles. The molecule has 0 aromatic carbocycles. The van der Waals surface area contributed by atoms with E-state index in [1.54, 1.807) is 25.6 Å². The van der Waals surface area contributed by atoms with Gasteiger partial charge in [-0.15, -0.1) is 0 Å². The lowest BCUT2D eigenvalue weighted by Gasteiger charge is -2.22. The maximum absolute atomic E-state index is 11.8. The third-order valence-corrected chi connectivity index (χ3v) is 2.97. The van der Waals surface area contributed by atoms with Crippen LogP contribution in [0.1, 0.15) is 37.0 Å². The SMILES string of the molecule is COC(C)(C)CCC(=O)c1cncc(Br)c1. The van der Waals surface area contributed by atoms with E-state index >= 15 is 0 Å². The minimum absolute atomic E-state index is 0.0962. The monoisotopic (exact) mass is 285 g/mol. The average Bonchev–Trinajstić information content (AvgIpc) is 2.26. The first kappa shape index (κ1) is 13.3. The molecule has 1 aromatic heterocycles. The fraction of sp³-hybridized carbons (Fsp3) is 0.500. The zero-order valence-corrected chi connectivity index (χ0v) is 11.4. The highest BCUT2D eigenvalue weighted by Gasteiger charge is 2.18. The average molecular weight is 286 g/mol. The molecule has 0 atom stereocenters. The molecule has 4 heteroatoms. The van der Waals surface area contributed by atoms with Crippen LogP contribution in [0, 0.1) is 0 Å². The number of pyridine rings is 1. The van der Waals surface area contributed by atoms with E-state index in [0.29, 0.717) is 18.4 Å². The van der Waals surface area contributed by atoms with Crippen molar-refractivity contribution in [2.45, 2.75) is 32.3 Å². The van der Waals surface area contributed by atoms with Crippen molar-refractivity contribution >= 4 is 21.7 Å². The highest BCUT2D eigenvalue weighted by Crippen LogP contribution is 2.18. The summed E-state index contributed by atoms with van der Waals surface area (Å²) in [5, 5.41) is 0. The Labute approximate surface area is 104 Å². The molecule has 0 spiro atoms. The normalized spacial score (nSPS) is 11.5. The van der Waals surface area contributed by atoms with Gasteiger partial charge in [-0.1, -0.05) is 0 Å². The Bertz CT molecular complexity index is 377. The summed E-state index contributed by atoms with van der Waals surface area (Å²) in [6, 6.07) is 1.79. The maximum Gasteiger partial charge on any atom is 0.164 e. The van der Waals surface area contributed by atoms with Gasteiger partial charge in [-0.2, -0.15) is 0 Å². The molecule has 0 saturated carbocycles. The lowest BCUT2D eigenvalue weighted by molar-refractivity contribution is 0.0141. The van der Waals surface area contributed by atoms with Gasteiger partial charge in [0.25, 0.3) is 0 Å². The predicted molar refractivity (Wildman–Crippen MR) is 66.6 cm³/mol. The number of carbonyl (C=O) groups excluding carboxylic acids is 1. The molecule has 0 bridgehead atoms. The fourth-order valence-electron chi connectivity index (χ4n) is 1.23. The van der Waals surface area contributed by atoms with Crippen molar-refractivity contribution < 1.29 is 9.53 Å². The molecular weight excluding hydrogens is 270 g/mol. The van der Waals surface area contributed by atoms with Gasteiger partial charge in [0.05, 0.1) is 5.60 Å². The van der Waals surface area contributed by atoms with Crippen LogP contribution >= 0.6 is 15.9 Å². The molecule has 0 radical (unpaired) electrons. The molecule has 0 N–H and O–H groups in total. The molecule has 88 valence electrons. The topological polar surface area (TPSA) is 39.2 Å². The van der Waals surface area contributed by atoms with E-state index in [-0.39, 0.29) is 11.4 Å². The third kappa shape index (κ3) is 4.02. The van der Waals surface area contributed by atoms with Crippen molar-refractivity contribution in [3.8, 4) is 0 Å². The first-order valence-electron chi connectivity index (χ1n) is 5.13. The Hall–Kier alpha value is -0.740. The standard InChI is InChI=1S/C12H16BrNO2/c1-12(2,16-3)5-4-11(15)9-6-10(13)8-14-7-9/h6-8H,4-5H2,1-3H3. The molecule has 0 saturated heterocycles. The van der Waals surface area contributed by atoms with Gasteiger partial charge in [0.1, 0.15) is 0 Å². The number of Topliss-reactive ketones (excluding diaryl/α,β-unsaturated/α-hetero) is 1. The van der Waals surface area contributed by atoms with Gasteiger partial charge < -0.3 is 4.74 Å². The summed E-state index contributed by atoms with van der Waals surface area (Å²) >= 11 is 3.30. The number of halogens is 1. The third-order valence-electron chi connectivity index (χ3n) is 2.53. The summed E-state index contributed by atoms with van der Waals surface area (Å²) in [7, 11) is 1.66. The molecular formula is C12H16BrNO2. The second-order valence-electron chi connectivity index (χ2n) is 4.28. The summed E-state index contributed by atoms with van der Waals surface area (Å²) in [6.07, 6.45) is 4.43. The van der Waals surface area contributed by atoms with Gasteiger partial charge in [-0.3, -0.25) is 9.78 Å². The predicted octanol–water partition coefficient (Wildman–Crippen LogP) is 3.23. The van der Waals surface area contributed by atoms with Crippen LogP contribution in [0.3, 0.4) is 0 Å². The van der Waals surface area contributed by atoms with Gasteiger partial charge in [0.2, 0.25) is 0 Å². The molecule has 1 heterocycles. The van der Waals surface area contributed by atoms with Gasteiger partial charge in [-0.25, -0.2) is 0 Å². The summed E-state index contributed by atoms with van der Waals surface area (Å²) < 4.78 is 6.09. The number of ketones is 1. The number of aromatic nitrogens is 1. The van der Waals surface area contributed by atoms with Crippen molar-refractivity contribution in [2.75, 3.05) is 7.11 Å². The fourth-order valence-corrected chi connectivity index (χ4v) is 1.59. The first-order valence-corrected chi connectivity index (χ1v) is 5.93. The molecule has 0 unspecified atom stereocenters. The zero-order valence-electron chi connectivity index (χ0n) is 9.79. The van der Waals surface area contributed by atoms with E-state index in [2.05, 4.69) is 20.9 Å². The number of hydrogen-bond acceptors (Lipinski definition) is 3. The van der Waals surface area contributed by atoms with Crippen LogP contribution in [0.5, 0.6) is 0 Å². The van der Waals surface area contributed by atoms with Gasteiger partial charge in [0, 0.05) is 36.0 Å². The van der Waals surface area contributed by atoms with Gasteiger partial charge >= 0.3 is 0 Å². The summed E-state index contributed by atoms with van der Waals surface area (Å²) in [4.78, 5) is 15.8. The minimum Gasteiger partial charge on any atom is -0.379 e. The first-order chi connectivity index (χ1) is 7.44. The molecule has 16 heavy (non-hydrogen) atoms. The molecule has 0 aliphatic rings. The number of nitrogens with zero attached hydrogens (tertiary/aromatic N) is 1. The Kier molecular flexibility index (Phi) is 4.62. The van der Waals surface area contributed by atoms with Crippen LogP contribution in [0.15, 0.2) is 22.9 Å². The smallest absolute Gasteiger partial charge is 0.164 e. The van der Waals surface area contributed by atoms with Crippen molar-refractivity contribution in [1.82, 2.24) is 4.98 Å². The van der Waals surface area contributed by atoms with E-state index in [0.717, 1.165) is 4.47 Å². The molecule has 1 aromatic rings. The number of hydrogen-bond donors (Lipinski definition) is 0. The van der Waals surface area contributed by atoms with E-state index in [9.17, 15) is 4.79 Å². The summed E-state index contributed by atoms with van der Waals surface area (Å²) in [6.45, 7) is 3.94. The van der Waals surface area contributed by atoms with Crippen LogP contribution < -0.4 is 0 Å². The quantitative estimate of drug-likeness (QED) is 0.780. The molecule has 0 fully saturated rings. The molecule has 0 amide bonds. The minimum atomic E-state index is -0.255. The van der Waals surface area contributed by atoms with Crippen molar-refractivity contribution in [2.24, 2.45) is 0 Å². The number of methoxy groups -OCH3 is 1. The van der Waals surface area contributed by atoms with Crippen molar-refractivity contribution in [3.63, 3.8) is 0 Å². The van der Waals surface area contributed by atoms with Crippen LogP contribution in [0.2, 0.25) is 0 Å². The number of ether oxygens (including phenoxy) is 1. The van der Waals surface area contributed by atoms with Crippen LogP contribution in [-0.4, -0.2) is 23.5 Å². The van der Waals surface area contributed by atoms with E-state index in [1.807, 2.05) is 13.8 Å². The van der Waals surface area contributed by atoms with E-state index in [1.165, 1.54) is 0 Å². The van der Waals surface area contributed by atoms with Gasteiger partial charge in [0.15, 0.2) is 5.78 Å². The van der Waals surface area contributed by atoms with Crippen LogP contribution in [0.25, 0.3) is 0 Å². The second kappa shape index (κ2) is 5.55. The van der Waals surface area contributed by atoms with Gasteiger partial charge in [-0.05, 0) is 42.3 Å². The van der Waals surface area contributed by atoms with Crippen LogP contribution in [0.4, 0.5) is 0 Å². The highest BCUT2D eigenvalue weighted by atomic mass is 79.9. The van der Waals surface area contributed by atoms with E-state index in [4.69, 9.17) is 4.74 Å². The summed E-state index contributed by atoms with van der Waals surface area (Å²) in [5.74, 6) is 0.0962. The second-order valence-corrected chi connectivity index (χ2v) is 5.19. The largest absolute Gasteiger partial charge is 0.379 e.